The van der Waals surface area contributed by atoms with Gasteiger partial charge in [0, 0.05) is 58.7 Å². The monoisotopic (exact) mass is 743 g/mol. The lowest BCUT2D eigenvalue weighted by Crippen LogP contribution is -2.32. The van der Waals surface area contributed by atoms with Gasteiger partial charge in [-0.25, -0.2) is 0 Å². The Morgan fingerprint density at radius 2 is 0.759 bits per heavy atom. The molecule has 0 atom stereocenters. The molecule has 0 aliphatic rings. The molecule has 3 heterocycles. The fourth-order valence-electron chi connectivity index (χ4n) is 6.04. The van der Waals surface area contributed by atoms with E-state index in [4.69, 9.17) is 30.6 Å². The van der Waals surface area contributed by atoms with Gasteiger partial charge in [0.1, 0.15) is 0 Å². The number of carboxylic acid groups (broad SMARTS) is 3. The quantitative estimate of drug-likeness (QED) is 0.0755. The summed E-state index contributed by atoms with van der Waals surface area (Å²) in [6.45, 7) is 8.97. The van der Waals surface area contributed by atoms with Crippen LogP contribution in [0.25, 0.3) is 32.7 Å². The molecule has 0 spiro atoms. The molecule has 0 unspecified atom stereocenters. The van der Waals surface area contributed by atoms with Gasteiger partial charge in [-0.05, 0) is 79.7 Å². The Labute approximate surface area is 315 Å². The minimum Gasteiger partial charge on any atom is -0.481 e. The van der Waals surface area contributed by atoms with Crippen molar-refractivity contribution in [3.8, 4) is 0 Å². The van der Waals surface area contributed by atoms with Gasteiger partial charge in [-0.3, -0.25) is 14.4 Å². The molecular formula is C42H53N3O9. The molecule has 6 aromatic rings. The van der Waals surface area contributed by atoms with Gasteiger partial charge >= 0.3 is 17.9 Å². The van der Waals surface area contributed by atoms with Crippen LogP contribution in [0.15, 0.2) is 91.0 Å². The van der Waals surface area contributed by atoms with E-state index in [1.54, 1.807) is 0 Å². The van der Waals surface area contributed by atoms with E-state index in [-0.39, 0.29) is 39.1 Å². The minimum atomic E-state index is -0.757. The Morgan fingerprint density at radius 1 is 0.500 bits per heavy atom. The number of carboxylic acids is 3. The molecule has 6 N–H and O–H groups in total. The smallest absolute Gasteiger partial charge is 0.305 e. The largest absolute Gasteiger partial charge is 0.481 e. The first-order valence-corrected chi connectivity index (χ1v) is 17.9. The van der Waals surface area contributed by atoms with E-state index in [0.717, 1.165) is 33.6 Å². The fourth-order valence-corrected chi connectivity index (χ4v) is 6.04. The molecule has 0 saturated heterocycles. The van der Waals surface area contributed by atoms with Crippen LogP contribution in [0.2, 0.25) is 0 Å². The van der Waals surface area contributed by atoms with Crippen molar-refractivity contribution in [2.75, 3.05) is 19.8 Å². The molecule has 0 aliphatic heterocycles. The van der Waals surface area contributed by atoms with Crippen LogP contribution in [0.1, 0.15) is 49.7 Å². The van der Waals surface area contributed by atoms with E-state index < -0.39 is 23.3 Å². The summed E-state index contributed by atoms with van der Waals surface area (Å²) in [5.41, 5.74) is 5.98. The third kappa shape index (κ3) is 11.8. The minimum absolute atomic E-state index is 0.156. The Hall–Kier alpha value is -5.43. The van der Waals surface area contributed by atoms with Gasteiger partial charge in [-0.15, -0.1) is 0 Å². The highest BCUT2D eigenvalue weighted by atomic mass is 16.4. The van der Waals surface area contributed by atoms with Crippen molar-refractivity contribution in [3.63, 3.8) is 0 Å². The van der Waals surface area contributed by atoms with Gasteiger partial charge < -0.3 is 44.3 Å². The number of rotatable bonds is 13. The molecule has 12 heteroatoms. The number of aliphatic hydroxyl groups is 3. The average Bonchev–Trinajstić information content (AvgIpc) is 3.78. The Balaban J connectivity index is 0.000000197. The van der Waals surface area contributed by atoms with Crippen molar-refractivity contribution in [2.24, 2.45) is 5.41 Å². The number of hydrogen-bond donors (Lipinski definition) is 6. The molecule has 12 nitrogen and oxygen atoms in total. The molecule has 0 amide bonds. The summed E-state index contributed by atoms with van der Waals surface area (Å²) in [5.74, 6) is -2.27. The van der Waals surface area contributed by atoms with Crippen LogP contribution in [-0.4, -0.2) is 82.1 Å². The lowest BCUT2D eigenvalue weighted by molar-refractivity contribution is -0.138. The summed E-state index contributed by atoms with van der Waals surface area (Å²) in [7, 11) is 0. The van der Waals surface area contributed by atoms with Crippen LogP contribution in [0.4, 0.5) is 0 Å². The lowest BCUT2D eigenvalue weighted by atomic mass is 9.88. The highest BCUT2D eigenvalue weighted by molar-refractivity contribution is 5.83. The number of aliphatic carboxylic acids is 3. The predicted octanol–water partition coefficient (Wildman–Crippen LogP) is 6.63. The van der Waals surface area contributed by atoms with E-state index in [1.165, 1.54) is 16.2 Å². The summed E-state index contributed by atoms with van der Waals surface area (Å²) < 4.78 is 6.14. The second-order valence-electron chi connectivity index (χ2n) is 13.2. The van der Waals surface area contributed by atoms with Gasteiger partial charge in [0.05, 0.1) is 39.1 Å². The highest BCUT2D eigenvalue weighted by Gasteiger charge is 2.25. The molecule has 54 heavy (non-hydrogen) atoms. The Bertz CT molecular complexity index is 1880. The lowest BCUT2D eigenvalue weighted by Gasteiger charge is -2.24. The molecule has 0 bridgehead atoms. The zero-order valence-electron chi connectivity index (χ0n) is 31.5. The van der Waals surface area contributed by atoms with E-state index >= 15 is 0 Å². The van der Waals surface area contributed by atoms with Crippen molar-refractivity contribution in [1.29, 1.82) is 0 Å². The maximum Gasteiger partial charge on any atom is 0.305 e. The normalized spacial score (nSPS) is 10.9. The van der Waals surface area contributed by atoms with Crippen LogP contribution in [-0.2, 0) is 34.0 Å². The molecule has 0 fully saturated rings. The van der Waals surface area contributed by atoms with Gasteiger partial charge in [0.25, 0.3) is 0 Å². The standard InChI is InChI=1S/3C12H13NO2.C6H14O3/c3*1-9-8-10-4-2-3-5-11(10)13(9)7-6-12(14)15;1-2-6(3-7,4-8)5-9/h3*2-5,8H,6-7H2,1H3,(H,14,15);7-9H,2-5H2,1H3. The number of aromatic nitrogens is 3. The number of carbonyl (C=O) groups is 3. The van der Waals surface area contributed by atoms with Crippen molar-refractivity contribution in [1.82, 2.24) is 13.7 Å². The number of fused-ring (bicyclic) bond motifs is 3. The maximum atomic E-state index is 10.5. The van der Waals surface area contributed by atoms with Gasteiger partial charge in [-0.1, -0.05) is 61.5 Å². The summed E-state index contributed by atoms with van der Waals surface area (Å²) in [4.78, 5) is 31.6. The zero-order chi connectivity index (χ0) is 39.8. The second kappa shape index (κ2) is 20.7. The summed E-state index contributed by atoms with van der Waals surface area (Å²) in [6, 6.07) is 30.3. The first-order valence-electron chi connectivity index (χ1n) is 17.9. The maximum absolute atomic E-state index is 10.5. The van der Waals surface area contributed by atoms with Crippen LogP contribution < -0.4 is 0 Å². The predicted molar refractivity (Wildman–Crippen MR) is 211 cm³/mol. The molecule has 6 rings (SSSR count). The van der Waals surface area contributed by atoms with Crippen molar-refractivity contribution < 1.29 is 45.0 Å². The number of aryl methyl sites for hydroxylation is 6. The zero-order valence-corrected chi connectivity index (χ0v) is 31.5. The van der Waals surface area contributed by atoms with Crippen LogP contribution in [0, 0.1) is 26.2 Å². The highest BCUT2D eigenvalue weighted by Crippen LogP contribution is 2.22. The Kier molecular flexibility index (Phi) is 16.5. The molecular weight excluding hydrogens is 690 g/mol. The van der Waals surface area contributed by atoms with Gasteiger partial charge in [0.15, 0.2) is 0 Å². The van der Waals surface area contributed by atoms with E-state index in [9.17, 15) is 14.4 Å². The number of benzene rings is 3. The first-order chi connectivity index (χ1) is 25.8. The van der Waals surface area contributed by atoms with Gasteiger partial charge in [0.2, 0.25) is 0 Å². The third-order valence-corrected chi connectivity index (χ3v) is 9.46. The summed E-state index contributed by atoms with van der Waals surface area (Å²) >= 11 is 0. The fraction of sp³-hybridized carbons (Fsp3) is 0.357. The van der Waals surface area contributed by atoms with E-state index in [0.29, 0.717) is 26.1 Å². The SMILES string of the molecule is CCC(CO)(CO)CO.Cc1cc2ccccc2n1CCC(=O)O.Cc1cc2ccccc2n1CCC(=O)O.Cc1cc2ccccc2n1CCC(=O)O. The molecule has 0 radical (unpaired) electrons. The van der Waals surface area contributed by atoms with Crippen molar-refractivity contribution >= 4 is 50.6 Å². The molecule has 0 aliphatic carbocycles. The molecule has 290 valence electrons. The van der Waals surface area contributed by atoms with Crippen molar-refractivity contribution in [2.45, 2.75) is 73.0 Å². The molecule has 0 saturated carbocycles. The number of hydrogen-bond acceptors (Lipinski definition) is 6. The summed E-state index contributed by atoms with van der Waals surface area (Å²) in [5, 5.41) is 55.5. The molecule has 3 aromatic carbocycles. The number of aliphatic hydroxyl groups excluding tert-OH is 3. The topological polar surface area (TPSA) is 187 Å². The van der Waals surface area contributed by atoms with Crippen LogP contribution >= 0.6 is 0 Å². The first kappa shape index (κ1) is 43.0. The van der Waals surface area contributed by atoms with Gasteiger partial charge in [-0.2, -0.15) is 0 Å². The molecule has 3 aromatic heterocycles. The number of nitrogens with zero attached hydrogens (tertiary/aromatic N) is 3. The van der Waals surface area contributed by atoms with E-state index in [2.05, 4.69) is 18.2 Å². The van der Waals surface area contributed by atoms with Crippen molar-refractivity contribution in [3.05, 3.63) is 108 Å². The third-order valence-electron chi connectivity index (χ3n) is 9.46. The van der Waals surface area contributed by atoms with Crippen LogP contribution in [0.3, 0.4) is 0 Å². The van der Waals surface area contributed by atoms with E-state index in [1.807, 2.05) is 114 Å². The number of para-hydroxylation sites is 3. The average molecular weight is 744 g/mol. The second-order valence-corrected chi connectivity index (χ2v) is 13.2. The Morgan fingerprint density at radius 3 is 0.963 bits per heavy atom. The van der Waals surface area contributed by atoms with Crippen LogP contribution in [0.5, 0.6) is 0 Å². The summed E-state index contributed by atoms with van der Waals surface area (Å²) in [6.07, 6.45) is 1.09.